The van der Waals surface area contributed by atoms with Gasteiger partial charge in [-0.2, -0.15) is 0 Å². The molecule has 4 amide bonds. The molecule has 8 heteroatoms. The van der Waals surface area contributed by atoms with Crippen LogP contribution < -0.4 is 16.4 Å². The Morgan fingerprint density at radius 1 is 1.38 bits per heavy atom. The Morgan fingerprint density at radius 2 is 2.14 bits per heavy atom. The molecule has 0 saturated carbocycles. The summed E-state index contributed by atoms with van der Waals surface area (Å²) >= 11 is 0. The minimum Gasteiger partial charge on any atom is -0.399 e. The van der Waals surface area contributed by atoms with E-state index in [1.165, 1.54) is 17.0 Å². The van der Waals surface area contributed by atoms with Crippen molar-refractivity contribution in [3.63, 3.8) is 0 Å². The molecular formula is C13H13FN4O3. The zero-order valence-corrected chi connectivity index (χ0v) is 11.0. The average Bonchev–Trinajstić information content (AvgIpc) is 2.94. The van der Waals surface area contributed by atoms with Gasteiger partial charge in [0.15, 0.2) is 0 Å². The van der Waals surface area contributed by atoms with Crippen LogP contribution >= 0.6 is 0 Å². The van der Waals surface area contributed by atoms with Crippen molar-refractivity contribution in [2.45, 2.75) is 12.0 Å². The molecule has 110 valence electrons. The predicted molar refractivity (Wildman–Crippen MR) is 70.7 cm³/mol. The van der Waals surface area contributed by atoms with Gasteiger partial charge in [-0.05, 0) is 24.6 Å². The van der Waals surface area contributed by atoms with Gasteiger partial charge in [0.1, 0.15) is 11.4 Å². The molecule has 2 aliphatic rings. The number of rotatable bonds is 1. The van der Waals surface area contributed by atoms with E-state index in [0.717, 1.165) is 6.07 Å². The molecule has 4 N–H and O–H groups in total. The maximum absolute atomic E-state index is 13.8. The van der Waals surface area contributed by atoms with E-state index in [2.05, 4.69) is 10.6 Å². The summed E-state index contributed by atoms with van der Waals surface area (Å²) in [5.74, 6) is -1.69. The van der Waals surface area contributed by atoms with Gasteiger partial charge in [-0.1, -0.05) is 0 Å². The van der Waals surface area contributed by atoms with Gasteiger partial charge in [0.2, 0.25) is 0 Å². The van der Waals surface area contributed by atoms with Gasteiger partial charge in [-0.15, -0.1) is 0 Å². The summed E-state index contributed by atoms with van der Waals surface area (Å²) < 4.78 is 13.8. The fourth-order valence-electron chi connectivity index (χ4n) is 2.67. The smallest absolute Gasteiger partial charge is 0.322 e. The number of hydrogen-bond acceptors (Lipinski definition) is 4. The summed E-state index contributed by atoms with van der Waals surface area (Å²) in [6, 6.07) is 3.24. The lowest BCUT2D eigenvalue weighted by Crippen LogP contribution is -2.49. The quantitative estimate of drug-likeness (QED) is 0.494. The molecule has 21 heavy (non-hydrogen) atoms. The first kappa shape index (κ1) is 13.3. The summed E-state index contributed by atoms with van der Waals surface area (Å²) in [5, 5.41) is 4.68. The maximum Gasteiger partial charge on any atom is 0.322 e. The van der Waals surface area contributed by atoms with E-state index in [-0.39, 0.29) is 24.3 Å². The highest BCUT2D eigenvalue weighted by atomic mass is 19.1. The molecule has 1 aromatic rings. The summed E-state index contributed by atoms with van der Waals surface area (Å²) in [6.07, 6.45) is 0.299. The molecule has 2 saturated heterocycles. The number of likely N-dealkylation sites (tertiary alicyclic amines) is 1. The van der Waals surface area contributed by atoms with Crippen LogP contribution in [-0.2, 0) is 4.79 Å². The zero-order valence-electron chi connectivity index (χ0n) is 11.0. The number of benzene rings is 1. The Kier molecular flexibility index (Phi) is 2.82. The number of urea groups is 1. The minimum atomic E-state index is -1.10. The lowest BCUT2D eigenvalue weighted by molar-refractivity contribution is -0.123. The molecule has 0 aliphatic carbocycles. The molecule has 1 spiro atoms. The second-order valence-electron chi connectivity index (χ2n) is 5.21. The zero-order chi connectivity index (χ0) is 15.2. The van der Waals surface area contributed by atoms with E-state index in [4.69, 9.17) is 5.73 Å². The Morgan fingerprint density at radius 3 is 2.76 bits per heavy atom. The Hall–Kier alpha value is -2.64. The average molecular weight is 292 g/mol. The van der Waals surface area contributed by atoms with Crippen LogP contribution in [0.15, 0.2) is 18.2 Å². The van der Waals surface area contributed by atoms with Gasteiger partial charge in [-0.3, -0.25) is 14.9 Å². The van der Waals surface area contributed by atoms with Crippen molar-refractivity contribution in [3.05, 3.63) is 29.6 Å². The number of carbonyl (C=O) groups is 3. The predicted octanol–water partition coefficient (Wildman–Crippen LogP) is -0.168. The first-order chi connectivity index (χ1) is 9.91. The summed E-state index contributed by atoms with van der Waals surface area (Å²) in [5.41, 5.74) is 4.46. The standard InChI is InChI=1S/C13H13FN4O3/c14-9-5-7(15)1-2-8(9)10(19)18-4-3-13(6-18)11(20)16-12(21)17-13/h1-2,5H,3-4,6,15H2,(H2,16,17,20,21). The number of hydrogen-bond donors (Lipinski definition) is 3. The van der Waals surface area contributed by atoms with Crippen molar-refractivity contribution in [1.82, 2.24) is 15.5 Å². The molecule has 7 nitrogen and oxygen atoms in total. The molecule has 3 rings (SSSR count). The SMILES string of the molecule is Nc1ccc(C(=O)N2CCC3(C2)NC(=O)NC3=O)c(F)c1. The fourth-order valence-corrected chi connectivity index (χ4v) is 2.67. The van der Waals surface area contributed by atoms with Crippen LogP contribution in [0.5, 0.6) is 0 Å². The van der Waals surface area contributed by atoms with Crippen LogP contribution in [0.1, 0.15) is 16.8 Å². The Labute approximate surface area is 119 Å². The topological polar surface area (TPSA) is 105 Å². The molecule has 2 aliphatic heterocycles. The molecule has 0 radical (unpaired) electrons. The van der Waals surface area contributed by atoms with Gasteiger partial charge >= 0.3 is 6.03 Å². The number of nitrogen functional groups attached to an aromatic ring is 1. The van der Waals surface area contributed by atoms with Crippen molar-refractivity contribution in [3.8, 4) is 0 Å². The number of carbonyl (C=O) groups excluding carboxylic acids is 3. The molecule has 0 bridgehead atoms. The van der Waals surface area contributed by atoms with Gasteiger partial charge in [0, 0.05) is 12.2 Å². The van der Waals surface area contributed by atoms with Gasteiger partial charge in [0.25, 0.3) is 11.8 Å². The van der Waals surface area contributed by atoms with Crippen LogP contribution in [0, 0.1) is 5.82 Å². The molecule has 1 unspecified atom stereocenters. The summed E-state index contributed by atoms with van der Waals surface area (Å²) in [6.45, 7) is 0.281. The molecule has 2 fully saturated rings. The van der Waals surface area contributed by atoms with Crippen LogP contribution in [0.25, 0.3) is 0 Å². The van der Waals surface area contributed by atoms with Crippen molar-refractivity contribution < 1.29 is 18.8 Å². The number of anilines is 1. The van der Waals surface area contributed by atoms with Crippen molar-refractivity contribution in [2.75, 3.05) is 18.8 Å². The van der Waals surface area contributed by atoms with Crippen LogP contribution in [0.4, 0.5) is 14.9 Å². The third-order valence-corrected chi connectivity index (χ3v) is 3.79. The number of nitrogens with two attached hydrogens (primary N) is 1. The number of imide groups is 1. The van der Waals surface area contributed by atoms with Crippen molar-refractivity contribution in [2.24, 2.45) is 0 Å². The van der Waals surface area contributed by atoms with Crippen molar-refractivity contribution in [1.29, 1.82) is 0 Å². The maximum atomic E-state index is 13.8. The monoisotopic (exact) mass is 292 g/mol. The van der Waals surface area contributed by atoms with E-state index >= 15 is 0 Å². The highest BCUT2D eigenvalue weighted by Gasteiger charge is 2.51. The van der Waals surface area contributed by atoms with E-state index in [0.29, 0.717) is 6.42 Å². The largest absolute Gasteiger partial charge is 0.399 e. The lowest BCUT2D eigenvalue weighted by atomic mass is 9.99. The highest BCUT2D eigenvalue weighted by molar-refractivity contribution is 6.08. The summed E-state index contributed by atoms with van der Waals surface area (Å²) in [7, 11) is 0. The number of nitrogens with zero attached hydrogens (tertiary/aromatic N) is 1. The van der Waals surface area contributed by atoms with Gasteiger partial charge in [0.05, 0.1) is 12.1 Å². The normalized spacial score (nSPS) is 24.3. The third-order valence-electron chi connectivity index (χ3n) is 3.79. The van der Waals surface area contributed by atoms with E-state index in [9.17, 15) is 18.8 Å². The Balaban J connectivity index is 1.82. The first-order valence-electron chi connectivity index (χ1n) is 6.39. The minimum absolute atomic E-state index is 0.0211. The molecule has 2 heterocycles. The molecule has 1 atom stereocenters. The van der Waals surface area contributed by atoms with Gasteiger partial charge < -0.3 is 16.0 Å². The van der Waals surface area contributed by atoms with Gasteiger partial charge in [-0.25, -0.2) is 9.18 Å². The number of nitrogens with one attached hydrogen (secondary N) is 2. The van der Waals surface area contributed by atoms with Crippen LogP contribution in [0.3, 0.4) is 0 Å². The van der Waals surface area contributed by atoms with E-state index in [1.807, 2.05) is 0 Å². The number of amides is 4. The molecule has 1 aromatic carbocycles. The fraction of sp³-hybridized carbons (Fsp3) is 0.308. The lowest BCUT2D eigenvalue weighted by Gasteiger charge is -2.21. The first-order valence-corrected chi connectivity index (χ1v) is 6.39. The van der Waals surface area contributed by atoms with Crippen molar-refractivity contribution >= 4 is 23.5 Å². The number of halogens is 1. The molecule has 0 aromatic heterocycles. The summed E-state index contributed by atoms with van der Waals surface area (Å²) in [4.78, 5) is 36.7. The third kappa shape index (κ3) is 2.08. The highest BCUT2D eigenvalue weighted by Crippen LogP contribution is 2.26. The van der Waals surface area contributed by atoms with Crippen LogP contribution in [0.2, 0.25) is 0 Å². The second kappa shape index (κ2) is 4.44. The van der Waals surface area contributed by atoms with Crippen LogP contribution in [-0.4, -0.2) is 41.4 Å². The van der Waals surface area contributed by atoms with E-state index in [1.54, 1.807) is 0 Å². The molecular weight excluding hydrogens is 279 g/mol. The second-order valence-corrected chi connectivity index (χ2v) is 5.21. The van der Waals surface area contributed by atoms with E-state index < -0.39 is 29.2 Å². The Bertz CT molecular complexity index is 663.